The van der Waals surface area contributed by atoms with E-state index in [1.165, 1.54) is 7.11 Å². The SMILES string of the molecule is CCOc1c(Br)cc(C(=O)Cl)cc1OC. The molecular weight excluding hydrogens is 283 g/mol. The van der Waals surface area contributed by atoms with Gasteiger partial charge in [0.2, 0.25) is 0 Å². The highest BCUT2D eigenvalue weighted by Crippen LogP contribution is 2.36. The number of benzene rings is 1. The zero-order chi connectivity index (χ0) is 11.4. The molecule has 1 aromatic carbocycles. The summed E-state index contributed by atoms with van der Waals surface area (Å²) < 4.78 is 11.1. The van der Waals surface area contributed by atoms with Gasteiger partial charge in [-0.3, -0.25) is 4.79 Å². The van der Waals surface area contributed by atoms with Gasteiger partial charge in [0, 0.05) is 5.56 Å². The molecule has 0 heterocycles. The van der Waals surface area contributed by atoms with Crippen LogP contribution in [0.15, 0.2) is 16.6 Å². The molecule has 0 aliphatic carbocycles. The van der Waals surface area contributed by atoms with Crippen LogP contribution in [-0.4, -0.2) is 19.0 Å². The molecule has 0 aromatic heterocycles. The number of halogens is 2. The molecule has 0 aliphatic rings. The van der Waals surface area contributed by atoms with Gasteiger partial charge < -0.3 is 9.47 Å². The minimum absolute atomic E-state index is 0.365. The van der Waals surface area contributed by atoms with Gasteiger partial charge in [-0.2, -0.15) is 0 Å². The molecule has 0 saturated carbocycles. The van der Waals surface area contributed by atoms with Crippen molar-refractivity contribution in [2.24, 2.45) is 0 Å². The molecule has 0 spiro atoms. The Labute approximate surface area is 101 Å². The predicted octanol–water partition coefficient (Wildman–Crippen LogP) is 3.24. The van der Waals surface area contributed by atoms with Crippen LogP contribution in [0.1, 0.15) is 17.3 Å². The first-order valence-electron chi connectivity index (χ1n) is 4.30. The topological polar surface area (TPSA) is 35.5 Å². The van der Waals surface area contributed by atoms with Crippen molar-refractivity contribution in [3.05, 3.63) is 22.2 Å². The fraction of sp³-hybridized carbons (Fsp3) is 0.300. The van der Waals surface area contributed by atoms with Crippen molar-refractivity contribution >= 4 is 32.8 Å². The van der Waals surface area contributed by atoms with Crippen LogP contribution in [0.5, 0.6) is 11.5 Å². The highest BCUT2D eigenvalue weighted by atomic mass is 79.9. The number of hydrogen-bond acceptors (Lipinski definition) is 3. The lowest BCUT2D eigenvalue weighted by molar-refractivity contribution is 0.108. The van der Waals surface area contributed by atoms with Crippen LogP contribution >= 0.6 is 27.5 Å². The van der Waals surface area contributed by atoms with E-state index < -0.39 is 5.24 Å². The fourth-order valence-corrected chi connectivity index (χ4v) is 1.78. The first-order valence-corrected chi connectivity index (χ1v) is 5.47. The second-order valence-corrected chi connectivity index (χ2v) is 3.89. The molecule has 0 aliphatic heterocycles. The Morgan fingerprint density at radius 1 is 1.53 bits per heavy atom. The van der Waals surface area contributed by atoms with Crippen molar-refractivity contribution in [1.29, 1.82) is 0 Å². The summed E-state index contributed by atoms with van der Waals surface area (Å²) in [4.78, 5) is 11.0. The number of ether oxygens (including phenoxy) is 2. The molecule has 0 unspecified atom stereocenters. The maximum atomic E-state index is 11.0. The van der Waals surface area contributed by atoms with Crippen LogP contribution in [-0.2, 0) is 0 Å². The highest BCUT2D eigenvalue weighted by Gasteiger charge is 2.13. The molecule has 1 aromatic rings. The number of carbonyl (C=O) groups excluding carboxylic acids is 1. The lowest BCUT2D eigenvalue weighted by Gasteiger charge is -2.11. The Morgan fingerprint density at radius 3 is 2.67 bits per heavy atom. The molecule has 3 nitrogen and oxygen atoms in total. The summed E-state index contributed by atoms with van der Waals surface area (Å²) in [6, 6.07) is 3.15. The van der Waals surface area contributed by atoms with Crippen molar-refractivity contribution in [3.8, 4) is 11.5 Å². The maximum Gasteiger partial charge on any atom is 0.252 e. The Kier molecular flexibility index (Phi) is 4.42. The minimum Gasteiger partial charge on any atom is -0.493 e. The van der Waals surface area contributed by atoms with Crippen LogP contribution < -0.4 is 9.47 Å². The summed E-state index contributed by atoms with van der Waals surface area (Å²) >= 11 is 8.67. The summed E-state index contributed by atoms with van der Waals surface area (Å²) in [5.74, 6) is 1.05. The first kappa shape index (κ1) is 12.3. The lowest BCUT2D eigenvalue weighted by Crippen LogP contribution is -1.99. The molecule has 0 atom stereocenters. The van der Waals surface area contributed by atoms with E-state index in [-0.39, 0.29) is 0 Å². The predicted molar refractivity (Wildman–Crippen MR) is 62.0 cm³/mol. The zero-order valence-corrected chi connectivity index (χ0v) is 10.7. The second kappa shape index (κ2) is 5.37. The van der Waals surface area contributed by atoms with E-state index in [1.807, 2.05) is 6.92 Å². The van der Waals surface area contributed by atoms with E-state index >= 15 is 0 Å². The number of methoxy groups -OCH3 is 1. The van der Waals surface area contributed by atoms with Gasteiger partial charge in [0.1, 0.15) is 0 Å². The standard InChI is InChI=1S/C10H10BrClO3/c1-3-15-9-7(11)4-6(10(12)13)5-8(9)14-2/h4-5H,3H2,1-2H3. The van der Waals surface area contributed by atoms with Gasteiger partial charge in [-0.1, -0.05) is 0 Å². The van der Waals surface area contributed by atoms with Gasteiger partial charge in [-0.05, 0) is 46.6 Å². The van der Waals surface area contributed by atoms with Crippen LogP contribution in [0.25, 0.3) is 0 Å². The average molecular weight is 294 g/mol. The van der Waals surface area contributed by atoms with Gasteiger partial charge in [0.05, 0.1) is 18.2 Å². The zero-order valence-electron chi connectivity index (χ0n) is 8.34. The van der Waals surface area contributed by atoms with Crippen LogP contribution in [0.4, 0.5) is 0 Å². The van der Waals surface area contributed by atoms with Gasteiger partial charge in [0.25, 0.3) is 5.24 Å². The third-order valence-corrected chi connectivity index (χ3v) is 2.55. The third kappa shape index (κ3) is 2.86. The monoisotopic (exact) mass is 292 g/mol. The van der Waals surface area contributed by atoms with E-state index in [0.717, 1.165) is 0 Å². The van der Waals surface area contributed by atoms with Gasteiger partial charge in [-0.15, -0.1) is 0 Å². The van der Waals surface area contributed by atoms with E-state index in [9.17, 15) is 4.79 Å². The van der Waals surface area contributed by atoms with E-state index in [0.29, 0.717) is 28.1 Å². The third-order valence-electron chi connectivity index (χ3n) is 1.75. The summed E-state index contributed by atoms with van der Waals surface area (Å²) in [5.41, 5.74) is 0.365. The number of hydrogen-bond donors (Lipinski definition) is 0. The van der Waals surface area contributed by atoms with Gasteiger partial charge >= 0.3 is 0 Å². The molecule has 0 N–H and O–H groups in total. The number of rotatable bonds is 4. The summed E-state index contributed by atoms with van der Waals surface area (Å²) in [6.07, 6.45) is 0. The highest BCUT2D eigenvalue weighted by molar-refractivity contribution is 9.10. The molecule has 15 heavy (non-hydrogen) atoms. The fourth-order valence-electron chi connectivity index (χ4n) is 1.12. The largest absolute Gasteiger partial charge is 0.493 e. The molecular formula is C10H10BrClO3. The quantitative estimate of drug-likeness (QED) is 0.800. The summed E-state index contributed by atoms with van der Waals surface area (Å²) in [6.45, 7) is 2.38. The maximum absolute atomic E-state index is 11.0. The molecule has 82 valence electrons. The Bertz CT molecular complexity index is 379. The Morgan fingerprint density at radius 2 is 2.20 bits per heavy atom. The first-order chi connectivity index (χ1) is 7.10. The van der Waals surface area contributed by atoms with E-state index in [2.05, 4.69) is 15.9 Å². The van der Waals surface area contributed by atoms with E-state index in [1.54, 1.807) is 12.1 Å². The lowest BCUT2D eigenvalue weighted by atomic mass is 10.2. The molecule has 0 amide bonds. The smallest absolute Gasteiger partial charge is 0.252 e. The Hall–Kier alpha value is -0.740. The van der Waals surface area contributed by atoms with E-state index in [4.69, 9.17) is 21.1 Å². The van der Waals surface area contributed by atoms with Gasteiger partial charge in [-0.25, -0.2) is 0 Å². The number of carbonyl (C=O) groups is 1. The molecule has 0 saturated heterocycles. The van der Waals surface area contributed by atoms with Crippen molar-refractivity contribution < 1.29 is 14.3 Å². The Balaban J connectivity index is 3.24. The average Bonchev–Trinajstić information content (AvgIpc) is 2.20. The minimum atomic E-state index is -0.531. The van der Waals surface area contributed by atoms with Gasteiger partial charge in [0.15, 0.2) is 11.5 Å². The van der Waals surface area contributed by atoms with Crippen LogP contribution in [0.2, 0.25) is 0 Å². The molecule has 0 fully saturated rings. The van der Waals surface area contributed by atoms with Crippen LogP contribution in [0, 0.1) is 0 Å². The van der Waals surface area contributed by atoms with Crippen molar-refractivity contribution in [2.75, 3.05) is 13.7 Å². The van der Waals surface area contributed by atoms with Crippen molar-refractivity contribution in [2.45, 2.75) is 6.92 Å². The normalized spacial score (nSPS) is 9.87. The molecule has 1 rings (SSSR count). The summed E-state index contributed by atoms with van der Waals surface area (Å²) in [7, 11) is 1.51. The molecule has 5 heteroatoms. The van der Waals surface area contributed by atoms with Crippen molar-refractivity contribution in [3.63, 3.8) is 0 Å². The second-order valence-electron chi connectivity index (χ2n) is 2.70. The summed E-state index contributed by atoms with van der Waals surface area (Å²) in [5, 5.41) is -0.531. The van der Waals surface area contributed by atoms with Crippen LogP contribution in [0.3, 0.4) is 0 Å². The molecule has 0 radical (unpaired) electrons. The molecule has 0 bridgehead atoms. The van der Waals surface area contributed by atoms with Crippen molar-refractivity contribution in [1.82, 2.24) is 0 Å².